The highest BCUT2D eigenvalue weighted by Gasteiger charge is 2.05. The minimum atomic E-state index is -0.363. The van der Waals surface area contributed by atoms with Gasteiger partial charge in [-0.05, 0) is 30.2 Å². The van der Waals surface area contributed by atoms with Crippen LogP contribution < -0.4 is 5.32 Å². The van der Waals surface area contributed by atoms with Crippen LogP contribution in [-0.4, -0.2) is 21.4 Å². The molecule has 0 saturated carbocycles. The van der Waals surface area contributed by atoms with E-state index >= 15 is 0 Å². The average molecular weight is 192 g/mol. The second-order valence-electron chi connectivity index (χ2n) is 2.78. The summed E-state index contributed by atoms with van der Waals surface area (Å²) in [4.78, 5) is 11.2. The molecule has 4 heteroatoms. The van der Waals surface area contributed by atoms with E-state index in [1.54, 1.807) is 6.07 Å². The molecule has 1 aromatic rings. The number of halogens is 1. The molecule has 0 spiro atoms. The number of nitrogens with one attached hydrogen (secondary N) is 1. The van der Waals surface area contributed by atoms with E-state index in [1.807, 2.05) is 6.92 Å². The van der Waals surface area contributed by atoms with Crippen LogP contribution in [0, 0.1) is 5.82 Å². The Bertz CT molecular complexity index is 328. The molecule has 0 bridgehead atoms. The topological polar surface area (TPSA) is 29.1 Å². The third-order valence-electron chi connectivity index (χ3n) is 1.86. The number of carbonyl (C=O) groups excluding carboxylic acids is 1. The Balaban J connectivity index is 0.00000169. The molecule has 0 fully saturated rings. The van der Waals surface area contributed by atoms with Gasteiger partial charge in [0.25, 0.3) is 5.91 Å². The largest absolute Gasteiger partial charge is 0.355 e. The van der Waals surface area contributed by atoms with Crippen molar-refractivity contribution < 1.29 is 9.18 Å². The lowest BCUT2D eigenvalue weighted by atomic mass is 10.1. The van der Waals surface area contributed by atoms with Gasteiger partial charge in [0.2, 0.25) is 0 Å². The van der Waals surface area contributed by atoms with Gasteiger partial charge >= 0.3 is 0 Å². The highest BCUT2D eigenvalue weighted by atomic mass is 19.1. The predicted molar refractivity (Wildman–Crippen MR) is 54.9 cm³/mol. The molecule has 14 heavy (non-hydrogen) atoms. The van der Waals surface area contributed by atoms with E-state index < -0.39 is 0 Å². The van der Waals surface area contributed by atoms with Gasteiger partial charge in [-0.2, -0.15) is 0 Å². The third kappa shape index (κ3) is 2.87. The Morgan fingerprint density at radius 2 is 2.07 bits per heavy atom. The molecule has 2 nitrogen and oxygen atoms in total. The first-order chi connectivity index (χ1) is 6.17. The van der Waals surface area contributed by atoms with Crippen molar-refractivity contribution >= 4 is 14.3 Å². The zero-order chi connectivity index (χ0) is 9.84. The second kappa shape index (κ2) is 5.42. The quantitative estimate of drug-likeness (QED) is 0.704. The standard InChI is InChI=1S/C10H12FNO.B/c1-3-7-4-8(10(13)12-2)6-9(11)5-7;/h4-6H,3H2,1-2H3,(H,12,13);. The molecule has 1 rings (SSSR count). The molecular weight excluding hydrogens is 180 g/mol. The normalized spacial score (nSPS) is 9.07. The van der Waals surface area contributed by atoms with Gasteiger partial charge in [-0.3, -0.25) is 4.79 Å². The van der Waals surface area contributed by atoms with Crippen LogP contribution in [0.5, 0.6) is 0 Å². The lowest BCUT2D eigenvalue weighted by molar-refractivity contribution is 0.0962. The van der Waals surface area contributed by atoms with Crippen molar-refractivity contribution in [1.29, 1.82) is 0 Å². The fourth-order valence-electron chi connectivity index (χ4n) is 1.13. The summed E-state index contributed by atoms with van der Waals surface area (Å²) in [5, 5.41) is 2.45. The Morgan fingerprint density at radius 3 is 2.57 bits per heavy atom. The SMILES string of the molecule is CCc1cc(F)cc(C(=O)NC)c1.[B]. The number of benzene rings is 1. The maximum Gasteiger partial charge on any atom is 0.251 e. The minimum absolute atomic E-state index is 0. The van der Waals surface area contributed by atoms with Gasteiger partial charge in [0, 0.05) is 21.0 Å². The zero-order valence-corrected chi connectivity index (χ0v) is 8.30. The highest BCUT2D eigenvalue weighted by Crippen LogP contribution is 2.09. The molecule has 0 unspecified atom stereocenters. The molecule has 3 radical (unpaired) electrons. The molecule has 0 aromatic heterocycles. The van der Waals surface area contributed by atoms with Crippen LogP contribution in [0.1, 0.15) is 22.8 Å². The first-order valence-corrected chi connectivity index (χ1v) is 4.19. The Kier molecular flexibility index (Phi) is 4.91. The van der Waals surface area contributed by atoms with Crippen molar-refractivity contribution in [1.82, 2.24) is 5.32 Å². The minimum Gasteiger partial charge on any atom is -0.355 e. The van der Waals surface area contributed by atoms with Gasteiger partial charge in [0.05, 0.1) is 0 Å². The number of hydrogen-bond donors (Lipinski definition) is 1. The Morgan fingerprint density at radius 1 is 1.43 bits per heavy atom. The van der Waals surface area contributed by atoms with E-state index in [9.17, 15) is 9.18 Å². The molecular formula is C10H12BFNO. The van der Waals surface area contributed by atoms with Crippen LogP contribution in [0.4, 0.5) is 4.39 Å². The summed E-state index contributed by atoms with van der Waals surface area (Å²) in [5.41, 5.74) is 1.21. The molecule has 0 aliphatic heterocycles. The second-order valence-corrected chi connectivity index (χ2v) is 2.78. The van der Waals surface area contributed by atoms with E-state index in [-0.39, 0.29) is 20.1 Å². The highest BCUT2D eigenvalue weighted by molar-refractivity contribution is 5.94. The van der Waals surface area contributed by atoms with E-state index in [1.165, 1.54) is 19.2 Å². The summed E-state index contributed by atoms with van der Waals surface area (Å²) in [6.07, 6.45) is 0.724. The van der Waals surface area contributed by atoms with Crippen molar-refractivity contribution in [2.75, 3.05) is 7.05 Å². The molecule has 1 amide bonds. The van der Waals surface area contributed by atoms with Crippen molar-refractivity contribution in [2.45, 2.75) is 13.3 Å². The molecule has 0 saturated heterocycles. The fourth-order valence-corrected chi connectivity index (χ4v) is 1.13. The average Bonchev–Trinajstić information content (AvgIpc) is 2.15. The van der Waals surface area contributed by atoms with E-state index in [0.717, 1.165) is 12.0 Å². The number of hydrogen-bond acceptors (Lipinski definition) is 1. The number of aryl methyl sites for hydroxylation is 1. The lowest BCUT2D eigenvalue weighted by Gasteiger charge is -2.02. The smallest absolute Gasteiger partial charge is 0.251 e. The first kappa shape index (κ1) is 12.7. The zero-order valence-electron chi connectivity index (χ0n) is 8.30. The molecule has 1 aromatic carbocycles. The number of amides is 1. The van der Waals surface area contributed by atoms with Crippen LogP contribution in [0.3, 0.4) is 0 Å². The molecule has 0 aliphatic rings. The van der Waals surface area contributed by atoms with Crippen molar-refractivity contribution in [3.63, 3.8) is 0 Å². The molecule has 0 atom stereocenters. The van der Waals surface area contributed by atoms with Crippen molar-refractivity contribution in [2.24, 2.45) is 0 Å². The molecule has 73 valence electrons. The van der Waals surface area contributed by atoms with Crippen LogP contribution >= 0.6 is 0 Å². The molecule has 1 N–H and O–H groups in total. The van der Waals surface area contributed by atoms with Gasteiger partial charge in [-0.1, -0.05) is 6.92 Å². The van der Waals surface area contributed by atoms with Crippen LogP contribution in [0.25, 0.3) is 0 Å². The van der Waals surface area contributed by atoms with E-state index in [2.05, 4.69) is 5.32 Å². The summed E-state index contributed by atoms with van der Waals surface area (Å²) in [6.45, 7) is 1.92. The van der Waals surface area contributed by atoms with Crippen molar-refractivity contribution in [3.05, 3.63) is 35.1 Å². The third-order valence-corrected chi connectivity index (χ3v) is 1.86. The summed E-state index contributed by atoms with van der Waals surface area (Å²) in [6, 6.07) is 4.37. The Hall–Kier alpha value is -1.32. The van der Waals surface area contributed by atoms with Gasteiger partial charge in [0.1, 0.15) is 5.82 Å². The lowest BCUT2D eigenvalue weighted by Crippen LogP contribution is -2.18. The summed E-state index contributed by atoms with van der Waals surface area (Å²) in [5.74, 6) is -0.618. The fraction of sp³-hybridized carbons (Fsp3) is 0.300. The maximum atomic E-state index is 12.9. The van der Waals surface area contributed by atoms with Crippen molar-refractivity contribution in [3.8, 4) is 0 Å². The molecule has 0 heterocycles. The summed E-state index contributed by atoms with van der Waals surface area (Å²) in [7, 11) is 1.53. The predicted octanol–water partition coefficient (Wildman–Crippen LogP) is 1.37. The first-order valence-electron chi connectivity index (χ1n) is 4.19. The van der Waals surface area contributed by atoms with Gasteiger partial charge in [-0.15, -0.1) is 0 Å². The van der Waals surface area contributed by atoms with Gasteiger partial charge < -0.3 is 5.32 Å². The molecule has 0 aliphatic carbocycles. The monoisotopic (exact) mass is 192 g/mol. The van der Waals surface area contributed by atoms with E-state index in [4.69, 9.17) is 0 Å². The van der Waals surface area contributed by atoms with Crippen LogP contribution in [-0.2, 0) is 6.42 Å². The van der Waals surface area contributed by atoms with Gasteiger partial charge in [-0.25, -0.2) is 4.39 Å². The number of rotatable bonds is 2. The summed E-state index contributed by atoms with van der Waals surface area (Å²) < 4.78 is 12.9. The van der Waals surface area contributed by atoms with Crippen LogP contribution in [0.2, 0.25) is 0 Å². The van der Waals surface area contributed by atoms with Gasteiger partial charge in [0.15, 0.2) is 0 Å². The number of carbonyl (C=O) groups is 1. The van der Waals surface area contributed by atoms with E-state index in [0.29, 0.717) is 5.56 Å². The Labute approximate surface area is 85.1 Å². The maximum absolute atomic E-state index is 12.9. The summed E-state index contributed by atoms with van der Waals surface area (Å²) >= 11 is 0. The van der Waals surface area contributed by atoms with Crippen LogP contribution in [0.15, 0.2) is 18.2 Å².